The van der Waals surface area contributed by atoms with Crippen molar-refractivity contribution in [2.45, 2.75) is 30.8 Å². The van der Waals surface area contributed by atoms with Crippen LogP contribution < -0.4 is 10.5 Å². The molecule has 1 aromatic carbocycles. The second-order valence-electron chi connectivity index (χ2n) is 4.78. The molecule has 0 aliphatic heterocycles. The standard InChI is InChI=1S/C14H18N2O2S2/c1-10(16-11(2)13-7-8-19-9-13)12-3-5-14(6-4-12)20(15,17)18/h3-11,16H,1-2H3,(H2,15,17,18). The number of sulfonamides is 1. The van der Waals surface area contributed by atoms with Gasteiger partial charge in [0.1, 0.15) is 0 Å². The van der Waals surface area contributed by atoms with Crippen molar-refractivity contribution >= 4 is 21.4 Å². The van der Waals surface area contributed by atoms with Crippen molar-refractivity contribution < 1.29 is 8.42 Å². The zero-order valence-electron chi connectivity index (χ0n) is 11.4. The van der Waals surface area contributed by atoms with E-state index in [1.807, 2.05) is 0 Å². The van der Waals surface area contributed by atoms with E-state index in [1.165, 1.54) is 17.7 Å². The largest absolute Gasteiger partial charge is 0.304 e. The summed E-state index contributed by atoms with van der Waals surface area (Å²) in [6, 6.07) is 9.12. The molecule has 6 heteroatoms. The molecule has 3 N–H and O–H groups in total. The third-order valence-corrected chi connectivity index (χ3v) is 4.88. The molecule has 2 rings (SSSR count). The Morgan fingerprint density at radius 1 is 1.05 bits per heavy atom. The molecule has 0 spiro atoms. The van der Waals surface area contributed by atoms with Gasteiger partial charge in [0.2, 0.25) is 10.0 Å². The highest BCUT2D eigenvalue weighted by Gasteiger charge is 2.13. The fraction of sp³-hybridized carbons (Fsp3) is 0.286. The van der Waals surface area contributed by atoms with E-state index >= 15 is 0 Å². The van der Waals surface area contributed by atoms with Crippen LogP contribution in [0.25, 0.3) is 0 Å². The molecule has 20 heavy (non-hydrogen) atoms. The number of thiophene rings is 1. The summed E-state index contributed by atoms with van der Waals surface area (Å²) in [5, 5.41) is 12.7. The molecular weight excluding hydrogens is 292 g/mol. The average Bonchev–Trinajstić information content (AvgIpc) is 2.91. The fourth-order valence-corrected chi connectivity index (χ4v) is 3.30. The van der Waals surface area contributed by atoms with Crippen molar-refractivity contribution in [1.29, 1.82) is 0 Å². The maximum absolute atomic E-state index is 11.2. The molecule has 0 bridgehead atoms. The van der Waals surface area contributed by atoms with Crippen molar-refractivity contribution in [3.8, 4) is 0 Å². The van der Waals surface area contributed by atoms with Gasteiger partial charge in [0.05, 0.1) is 4.90 Å². The lowest BCUT2D eigenvalue weighted by Gasteiger charge is -2.20. The Bertz CT molecular complexity index is 649. The summed E-state index contributed by atoms with van der Waals surface area (Å²) in [6.45, 7) is 4.16. The predicted octanol–water partition coefficient (Wildman–Crippen LogP) is 2.81. The van der Waals surface area contributed by atoms with E-state index in [0.29, 0.717) is 0 Å². The van der Waals surface area contributed by atoms with Gasteiger partial charge in [-0.25, -0.2) is 13.6 Å². The lowest BCUT2D eigenvalue weighted by atomic mass is 10.1. The molecule has 1 aromatic heterocycles. The van der Waals surface area contributed by atoms with E-state index in [9.17, 15) is 8.42 Å². The van der Waals surface area contributed by atoms with Crippen molar-refractivity contribution in [2.24, 2.45) is 5.14 Å². The molecule has 2 unspecified atom stereocenters. The van der Waals surface area contributed by atoms with Crippen molar-refractivity contribution in [3.05, 3.63) is 52.2 Å². The summed E-state index contributed by atoms with van der Waals surface area (Å²) in [5.74, 6) is 0. The van der Waals surface area contributed by atoms with Crippen LogP contribution in [-0.4, -0.2) is 8.42 Å². The van der Waals surface area contributed by atoms with Gasteiger partial charge in [-0.3, -0.25) is 0 Å². The van der Waals surface area contributed by atoms with Gasteiger partial charge in [-0.05, 0) is 53.9 Å². The topological polar surface area (TPSA) is 72.2 Å². The van der Waals surface area contributed by atoms with Crippen LogP contribution in [0.15, 0.2) is 46.0 Å². The second kappa shape index (κ2) is 6.05. The molecule has 0 aliphatic rings. The third kappa shape index (κ3) is 3.67. The summed E-state index contributed by atoms with van der Waals surface area (Å²) >= 11 is 1.67. The molecule has 4 nitrogen and oxygen atoms in total. The number of hydrogen-bond acceptors (Lipinski definition) is 4. The van der Waals surface area contributed by atoms with Crippen LogP contribution >= 0.6 is 11.3 Å². The highest BCUT2D eigenvalue weighted by Crippen LogP contribution is 2.21. The first-order valence-corrected chi connectivity index (χ1v) is 8.78. The van der Waals surface area contributed by atoms with Crippen LogP contribution in [0.5, 0.6) is 0 Å². The summed E-state index contributed by atoms with van der Waals surface area (Å²) < 4.78 is 22.4. The van der Waals surface area contributed by atoms with Crippen LogP contribution in [0, 0.1) is 0 Å². The minimum Gasteiger partial charge on any atom is -0.304 e. The van der Waals surface area contributed by atoms with Crippen LogP contribution in [0.4, 0.5) is 0 Å². The van der Waals surface area contributed by atoms with Gasteiger partial charge in [-0.2, -0.15) is 11.3 Å². The Hall–Kier alpha value is -1.21. The lowest BCUT2D eigenvalue weighted by molar-refractivity contribution is 0.495. The maximum Gasteiger partial charge on any atom is 0.238 e. The molecule has 0 radical (unpaired) electrons. The Morgan fingerprint density at radius 2 is 1.65 bits per heavy atom. The van der Waals surface area contributed by atoms with Gasteiger partial charge in [-0.1, -0.05) is 12.1 Å². The Labute approximate surface area is 123 Å². The molecule has 2 atom stereocenters. The molecule has 1 heterocycles. The molecule has 0 amide bonds. The van der Waals surface area contributed by atoms with E-state index in [4.69, 9.17) is 5.14 Å². The summed E-state index contributed by atoms with van der Waals surface area (Å²) in [5.41, 5.74) is 2.28. The first-order valence-electron chi connectivity index (χ1n) is 6.29. The Kier molecular flexibility index (Phi) is 4.59. The van der Waals surface area contributed by atoms with Crippen LogP contribution in [0.3, 0.4) is 0 Å². The smallest absolute Gasteiger partial charge is 0.238 e. The van der Waals surface area contributed by atoms with Crippen molar-refractivity contribution in [3.63, 3.8) is 0 Å². The van der Waals surface area contributed by atoms with Crippen molar-refractivity contribution in [1.82, 2.24) is 5.32 Å². The number of nitrogens with one attached hydrogen (secondary N) is 1. The van der Waals surface area contributed by atoms with Gasteiger partial charge >= 0.3 is 0 Å². The van der Waals surface area contributed by atoms with E-state index in [2.05, 4.69) is 36.0 Å². The fourth-order valence-electron chi connectivity index (χ4n) is 2.04. The Morgan fingerprint density at radius 3 is 2.15 bits per heavy atom. The molecule has 0 aliphatic carbocycles. The lowest BCUT2D eigenvalue weighted by Crippen LogP contribution is -2.22. The molecule has 108 valence electrons. The number of primary sulfonamides is 1. The van der Waals surface area contributed by atoms with E-state index < -0.39 is 10.0 Å². The Balaban J connectivity index is 2.08. The molecule has 0 fully saturated rings. The monoisotopic (exact) mass is 310 g/mol. The highest BCUT2D eigenvalue weighted by atomic mass is 32.2. The normalized spacial score (nSPS) is 14.9. The van der Waals surface area contributed by atoms with Crippen LogP contribution in [0.1, 0.15) is 37.1 Å². The van der Waals surface area contributed by atoms with E-state index in [-0.39, 0.29) is 17.0 Å². The molecule has 0 saturated heterocycles. The molecular formula is C14H18N2O2S2. The predicted molar refractivity (Wildman–Crippen MR) is 82.1 cm³/mol. The number of nitrogens with two attached hydrogens (primary N) is 1. The summed E-state index contributed by atoms with van der Waals surface area (Å²) in [6.07, 6.45) is 0. The number of hydrogen-bond donors (Lipinski definition) is 2. The quantitative estimate of drug-likeness (QED) is 0.892. The average molecular weight is 310 g/mol. The van der Waals surface area contributed by atoms with Gasteiger partial charge in [0, 0.05) is 12.1 Å². The molecule has 2 aromatic rings. The van der Waals surface area contributed by atoms with Crippen LogP contribution in [0.2, 0.25) is 0 Å². The second-order valence-corrected chi connectivity index (χ2v) is 7.12. The van der Waals surface area contributed by atoms with E-state index in [1.54, 1.807) is 23.5 Å². The first kappa shape index (κ1) is 15.2. The SMILES string of the molecule is CC(NC(C)c1ccsc1)c1ccc(S(N)(=O)=O)cc1. The maximum atomic E-state index is 11.2. The highest BCUT2D eigenvalue weighted by molar-refractivity contribution is 7.89. The first-order chi connectivity index (χ1) is 9.38. The van der Waals surface area contributed by atoms with E-state index in [0.717, 1.165) is 5.56 Å². The minimum absolute atomic E-state index is 0.124. The number of rotatable bonds is 5. The van der Waals surface area contributed by atoms with Crippen LogP contribution in [-0.2, 0) is 10.0 Å². The summed E-state index contributed by atoms with van der Waals surface area (Å²) in [7, 11) is -3.62. The minimum atomic E-state index is -3.62. The van der Waals surface area contributed by atoms with Gasteiger partial charge < -0.3 is 5.32 Å². The summed E-state index contributed by atoms with van der Waals surface area (Å²) in [4.78, 5) is 0.138. The molecule has 0 saturated carbocycles. The van der Waals surface area contributed by atoms with Crippen molar-refractivity contribution in [2.75, 3.05) is 0 Å². The van der Waals surface area contributed by atoms with Gasteiger partial charge in [0.15, 0.2) is 0 Å². The number of benzene rings is 1. The third-order valence-electron chi connectivity index (χ3n) is 3.25. The van der Waals surface area contributed by atoms with Gasteiger partial charge in [0.25, 0.3) is 0 Å². The zero-order chi connectivity index (χ0) is 14.8. The van der Waals surface area contributed by atoms with Gasteiger partial charge in [-0.15, -0.1) is 0 Å². The zero-order valence-corrected chi connectivity index (χ0v) is 13.0.